The molecule has 1 aromatic heterocycles. The fourth-order valence-corrected chi connectivity index (χ4v) is 2.54. The average Bonchev–Trinajstić information content (AvgIpc) is 2.42. The molecule has 20 heavy (non-hydrogen) atoms. The van der Waals surface area contributed by atoms with Gasteiger partial charge in [0.25, 0.3) is 5.91 Å². The lowest BCUT2D eigenvalue weighted by molar-refractivity contribution is 0.102. The maximum absolute atomic E-state index is 12.1. The summed E-state index contributed by atoms with van der Waals surface area (Å²) in [5.41, 5.74) is 5.39. The molecule has 1 amide bonds. The second kappa shape index (κ2) is 5.98. The lowest BCUT2D eigenvalue weighted by atomic mass is 10.1. The van der Waals surface area contributed by atoms with E-state index >= 15 is 0 Å². The number of carbonyl (C=O) groups is 1. The molecule has 0 saturated carbocycles. The molecule has 6 nitrogen and oxygen atoms in total. The molecule has 4 N–H and O–H groups in total. The Morgan fingerprint density at radius 3 is 2.55 bits per heavy atom. The van der Waals surface area contributed by atoms with Gasteiger partial charge in [-0.15, -0.1) is 0 Å². The molecule has 2 rings (SSSR count). The quantitative estimate of drug-likeness (QED) is 0.591. The molecule has 7 heteroatoms. The van der Waals surface area contributed by atoms with Crippen molar-refractivity contribution in [3.8, 4) is 0 Å². The number of hydrazine groups is 1. The Hall–Kier alpha value is -1.99. The molecule has 0 bridgehead atoms. The van der Waals surface area contributed by atoms with Crippen LogP contribution in [0.4, 0.5) is 11.5 Å². The predicted molar refractivity (Wildman–Crippen MR) is 81.4 cm³/mol. The van der Waals surface area contributed by atoms with Crippen molar-refractivity contribution in [2.75, 3.05) is 10.7 Å². The highest BCUT2D eigenvalue weighted by Gasteiger charge is 2.12. The summed E-state index contributed by atoms with van der Waals surface area (Å²) in [4.78, 5) is 20.1. The van der Waals surface area contributed by atoms with Crippen molar-refractivity contribution in [3.63, 3.8) is 0 Å². The summed E-state index contributed by atoms with van der Waals surface area (Å²) in [6.45, 7) is 3.92. The first-order chi connectivity index (χ1) is 9.51. The molecule has 0 aliphatic heterocycles. The zero-order valence-corrected chi connectivity index (χ0v) is 12.7. The fraction of sp³-hybridized carbons (Fsp3) is 0.154. The number of rotatable bonds is 3. The summed E-state index contributed by atoms with van der Waals surface area (Å²) in [6.07, 6.45) is 2.76. The third kappa shape index (κ3) is 3.12. The minimum Gasteiger partial charge on any atom is -0.319 e. The number of aromatic nitrogens is 2. The van der Waals surface area contributed by atoms with Crippen LogP contribution in [0.15, 0.2) is 29.0 Å². The van der Waals surface area contributed by atoms with E-state index in [9.17, 15) is 4.79 Å². The summed E-state index contributed by atoms with van der Waals surface area (Å²) in [6, 6.07) is 3.93. The van der Waals surface area contributed by atoms with Crippen LogP contribution in [-0.4, -0.2) is 15.9 Å². The molecule has 0 spiro atoms. The first kappa shape index (κ1) is 14.4. The number of hydrogen-bond acceptors (Lipinski definition) is 5. The van der Waals surface area contributed by atoms with Crippen molar-refractivity contribution in [1.82, 2.24) is 9.97 Å². The number of hydrogen-bond donors (Lipinski definition) is 3. The van der Waals surface area contributed by atoms with Crippen LogP contribution in [-0.2, 0) is 0 Å². The number of nitrogen functional groups attached to an aromatic ring is 1. The van der Waals surface area contributed by atoms with Crippen molar-refractivity contribution in [1.29, 1.82) is 0 Å². The van der Waals surface area contributed by atoms with Crippen molar-refractivity contribution < 1.29 is 4.79 Å². The first-order valence-corrected chi connectivity index (χ1v) is 6.67. The summed E-state index contributed by atoms with van der Waals surface area (Å²) in [7, 11) is 0. The van der Waals surface area contributed by atoms with Gasteiger partial charge in [-0.2, -0.15) is 0 Å². The van der Waals surface area contributed by atoms with Crippen molar-refractivity contribution in [2.45, 2.75) is 13.8 Å². The Bertz CT molecular complexity index is 619. The van der Waals surface area contributed by atoms with Crippen LogP contribution in [0, 0.1) is 13.8 Å². The van der Waals surface area contributed by atoms with Crippen LogP contribution in [0.1, 0.15) is 21.6 Å². The van der Waals surface area contributed by atoms with Gasteiger partial charge < -0.3 is 10.7 Å². The topological polar surface area (TPSA) is 92.9 Å². The molecule has 0 unspecified atom stereocenters. The number of nitrogens with two attached hydrogens (primary N) is 1. The van der Waals surface area contributed by atoms with Crippen molar-refractivity contribution >= 4 is 33.3 Å². The Kier molecular flexibility index (Phi) is 4.31. The zero-order chi connectivity index (χ0) is 14.7. The Labute approximate surface area is 124 Å². The third-order valence-corrected chi connectivity index (χ3v) is 3.33. The predicted octanol–water partition coefficient (Wildman–Crippen LogP) is 2.39. The van der Waals surface area contributed by atoms with Gasteiger partial charge in [0, 0.05) is 4.47 Å². The van der Waals surface area contributed by atoms with E-state index in [0.717, 1.165) is 21.3 Å². The van der Waals surface area contributed by atoms with Gasteiger partial charge in [-0.25, -0.2) is 15.8 Å². The lowest BCUT2D eigenvalue weighted by Gasteiger charge is -2.11. The first-order valence-electron chi connectivity index (χ1n) is 5.88. The number of nitrogens with one attached hydrogen (secondary N) is 2. The van der Waals surface area contributed by atoms with Crippen molar-refractivity contribution in [3.05, 3.63) is 45.8 Å². The normalized spacial score (nSPS) is 10.2. The number of amides is 1. The summed E-state index contributed by atoms with van der Waals surface area (Å²) < 4.78 is 0.830. The van der Waals surface area contributed by atoms with Crippen molar-refractivity contribution in [2.24, 2.45) is 5.84 Å². The fourth-order valence-electron chi connectivity index (χ4n) is 1.77. The molecule has 1 heterocycles. The number of halogens is 1. The summed E-state index contributed by atoms with van der Waals surface area (Å²) in [5.74, 6) is 5.27. The maximum atomic E-state index is 12.1. The van der Waals surface area contributed by atoms with Gasteiger partial charge in [0.2, 0.25) is 0 Å². The second-order valence-corrected chi connectivity index (χ2v) is 5.18. The summed E-state index contributed by atoms with van der Waals surface area (Å²) in [5, 5.41) is 2.82. The highest BCUT2D eigenvalue weighted by molar-refractivity contribution is 9.10. The largest absolute Gasteiger partial charge is 0.319 e. The smallest absolute Gasteiger partial charge is 0.275 e. The van der Waals surface area contributed by atoms with E-state index < -0.39 is 0 Å². The molecule has 0 atom stereocenters. The standard InChI is InChI=1S/C13H14BrN5O/c1-7-3-8(2)12(9(14)4-7)18-13(20)10-5-17-11(19-15)6-16-10/h3-6H,15H2,1-2H3,(H,17,19)(H,18,20). The van der Waals surface area contributed by atoms with E-state index in [1.54, 1.807) is 0 Å². The van der Waals surface area contributed by atoms with Crippen LogP contribution in [0.3, 0.4) is 0 Å². The lowest BCUT2D eigenvalue weighted by Crippen LogP contribution is -2.16. The van der Waals surface area contributed by atoms with E-state index in [0.29, 0.717) is 5.82 Å². The molecular formula is C13H14BrN5O. The van der Waals surface area contributed by atoms with E-state index in [4.69, 9.17) is 5.84 Å². The number of carbonyl (C=O) groups excluding carboxylic acids is 1. The van der Waals surface area contributed by atoms with Gasteiger partial charge in [0.15, 0.2) is 5.82 Å². The summed E-state index contributed by atoms with van der Waals surface area (Å²) >= 11 is 3.44. The van der Waals surface area contributed by atoms with E-state index in [-0.39, 0.29) is 11.6 Å². The van der Waals surface area contributed by atoms with Gasteiger partial charge in [-0.3, -0.25) is 4.79 Å². The highest BCUT2D eigenvalue weighted by atomic mass is 79.9. The highest BCUT2D eigenvalue weighted by Crippen LogP contribution is 2.28. The molecule has 0 aliphatic carbocycles. The zero-order valence-electron chi connectivity index (χ0n) is 11.1. The van der Waals surface area contributed by atoms with Gasteiger partial charge in [-0.1, -0.05) is 6.07 Å². The van der Waals surface area contributed by atoms with E-state index in [1.165, 1.54) is 12.4 Å². The van der Waals surface area contributed by atoms with Gasteiger partial charge in [0.1, 0.15) is 5.69 Å². The minimum atomic E-state index is -0.325. The Morgan fingerprint density at radius 1 is 1.25 bits per heavy atom. The SMILES string of the molecule is Cc1cc(C)c(NC(=O)c2cnc(NN)cn2)c(Br)c1. The number of aryl methyl sites for hydroxylation is 2. The molecule has 0 aliphatic rings. The van der Waals surface area contributed by atoms with Crippen LogP contribution in [0.5, 0.6) is 0 Å². The molecule has 2 aromatic rings. The van der Waals surface area contributed by atoms with Crippen LogP contribution < -0.4 is 16.6 Å². The molecule has 0 radical (unpaired) electrons. The number of anilines is 2. The molecule has 1 aromatic carbocycles. The van der Waals surface area contributed by atoms with Crippen LogP contribution in [0.25, 0.3) is 0 Å². The average molecular weight is 336 g/mol. The Morgan fingerprint density at radius 2 is 2.00 bits per heavy atom. The third-order valence-electron chi connectivity index (χ3n) is 2.70. The van der Waals surface area contributed by atoms with Crippen LogP contribution in [0.2, 0.25) is 0 Å². The molecular weight excluding hydrogens is 322 g/mol. The monoisotopic (exact) mass is 335 g/mol. The number of nitrogens with zero attached hydrogens (tertiary/aromatic N) is 2. The molecule has 0 saturated heterocycles. The molecule has 0 fully saturated rings. The van der Waals surface area contributed by atoms with Gasteiger partial charge in [0.05, 0.1) is 18.1 Å². The Balaban J connectivity index is 2.23. The second-order valence-electron chi connectivity index (χ2n) is 4.32. The van der Waals surface area contributed by atoms with E-state index in [1.807, 2.05) is 26.0 Å². The van der Waals surface area contributed by atoms with E-state index in [2.05, 4.69) is 36.6 Å². The van der Waals surface area contributed by atoms with Crippen LogP contribution >= 0.6 is 15.9 Å². The molecule has 104 valence electrons. The van der Waals surface area contributed by atoms with Gasteiger partial charge in [-0.05, 0) is 47.0 Å². The maximum Gasteiger partial charge on any atom is 0.275 e. The number of benzene rings is 1. The van der Waals surface area contributed by atoms with Gasteiger partial charge >= 0.3 is 0 Å². The minimum absolute atomic E-state index is 0.218.